The van der Waals surface area contributed by atoms with E-state index in [2.05, 4.69) is 0 Å². The van der Waals surface area contributed by atoms with Gasteiger partial charge in [0.2, 0.25) is 10.0 Å². The highest BCUT2D eigenvalue weighted by atomic mass is 32.2. The molecule has 21 heavy (non-hydrogen) atoms. The largest absolute Gasteiger partial charge is 0.455 e. The van der Waals surface area contributed by atoms with Gasteiger partial charge in [-0.3, -0.25) is 4.79 Å². The van der Waals surface area contributed by atoms with E-state index in [0.29, 0.717) is 38.4 Å². The summed E-state index contributed by atoms with van der Waals surface area (Å²) in [4.78, 5) is 13.8. The Labute approximate surface area is 124 Å². The molecule has 2 N–H and O–H groups in total. The van der Waals surface area contributed by atoms with Gasteiger partial charge in [0.05, 0.1) is 12.3 Å². The fourth-order valence-corrected chi connectivity index (χ4v) is 3.81. The number of hydrogen-bond acceptors (Lipinski definition) is 5. The average Bonchev–Trinajstić information content (AvgIpc) is 2.95. The molecule has 8 heteroatoms. The van der Waals surface area contributed by atoms with Gasteiger partial charge in [0.25, 0.3) is 5.91 Å². The summed E-state index contributed by atoms with van der Waals surface area (Å²) in [7, 11) is -3.19. The molecule has 2 heterocycles. The molecule has 0 aromatic carbocycles. The number of piperazine rings is 1. The van der Waals surface area contributed by atoms with E-state index in [0.717, 1.165) is 0 Å². The number of amides is 1. The van der Waals surface area contributed by atoms with E-state index in [1.807, 2.05) is 6.92 Å². The molecule has 1 saturated heterocycles. The standard InChI is InChI=1S/C13H21N3O4S/c1-2-9-21(18,19)16-7-5-15(6-8-16)13(17)12-4-3-11(10-14)20-12/h3-4H,2,5-10,14H2,1H3. The van der Waals surface area contributed by atoms with Gasteiger partial charge in [-0.1, -0.05) is 6.92 Å². The van der Waals surface area contributed by atoms with Gasteiger partial charge in [-0.15, -0.1) is 0 Å². The van der Waals surface area contributed by atoms with Crippen LogP contribution in [0.25, 0.3) is 0 Å². The number of carbonyl (C=O) groups excluding carboxylic acids is 1. The number of nitrogens with two attached hydrogens (primary N) is 1. The Morgan fingerprint density at radius 1 is 1.29 bits per heavy atom. The second kappa shape index (κ2) is 6.59. The predicted octanol–water partition coefficient (Wildman–Crippen LogP) is 0.236. The zero-order chi connectivity index (χ0) is 15.5. The summed E-state index contributed by atoms with van der Waals surface area (Å²) in [5.41, 5.74) is 5.44. The summed E-state index contributed by atoms with van der Waals surface area (Å²) in [5.74, 6) is 0.740. The highest BCUT2D eigenvalue weighted by molar-refractivity contribution is 7.89. The topological polar surface area (TPSA) is 96.9 Å². The second-order valence-electron chi connectivity index (χ2n) is 4.98. The van der Waals surface area contributed by atoms with Gasteiger partial charge < -0.3 is 15.1 Å². The maximum Gasteiger partial charge on any atom is 0.289 e. The molecule has 1 fully saturated rings. The van der Waals surface area contributed by atoms with Crippen LogP contribution in [0.4, 0.5) is 0 Å². The quantitative estimate of drug-likeness (QED) is 0.839. The molecule has 1 aliphatic heterocycles. The minimum atomic E-state index is -3.19. The summed E-state index contributed by atoms with van der Waals surface area (Å²) >= 11 is 0. The molecule has 0 spiro atoms. The molecule has 2 rings (SSSR count). The van der Waals surface area contributed by atoms with E-state index < -0.39 is 10.0 Å². The van der Waals surface area contributed by atoms with Crippen molar-refractivity contribution in [1.29, 1.82) is 0 Å². The van der Waals surface area contributed by atoms with Crippen LogP contribution in [0.1, 0.15) is 29.7 Å². The number of nitrogens with zero attached hydrogens (tertiary/aromatic N) is 2. The van der Waals surface area contributed by atoms with Crippen molar-refractivity contribution in [2.45, 2.75) is 19.9 Å². The summed E-state index contributed by atoms with van der Waals surface area (Å²) < 4.78 is 30.7. The maximum absolute atomic E-state index is 12.2. The van der Waals surface area contributed by atoms with Crippen LogP contribution in [0.15, 0.2) is 16.5 Å². The lowest BCUT2D eigenvalue weighted by atomic mass is 10.3. The third kappa shape index (κ3) is 3.63. The molecule has 0 unspecified atom stereocenters. The van der Waals surface area contributed by atoms with Crippen LogP contribution in [0, 0.1) is 0 Å². The molecule has 0 atom stereocenters. The lowest BCUT2D eigenvalue weighted by molar-refractivity contribution is 0.0664. The van der Waals surface area contributed by atoms with E-state index in [1.165, 1.54) is 4.31 Å². The normalized spacial score (nSPS) is 17.1. The van der Waals surface area contributed by atoms with Crippen molar-refractivity contribution in [1.82, 2.24) is 9.21 Å². The lowest BCUT2D eigenvalue weighted by Crippen LogP contribution is -2.50. The van der Waals surface area contributed by atoms with Crippen molar-refractivity contribution >= 4 is 15.9 Å². The van der Waals surface area contributed by atoms with Crippen molar-refractivity contribution in [3.8, 4) is 0 Å². The fourth-order valence-electron chi connectivity index (χ4n) is 2.31. The van der Waals surface area contributed by atoms with Gasteiger partial charge in [-0.2, -0.15) is 4.31 Å². The molecular formula is C13H21N3O4S. The Morgan fingerprint density at radius 2 is 1.95 bits per heavy atom. The Morgan fingerprint density at radius 3 is 2.48 bits per heavy atom. The average molecular weight is 315 g/mol. The summed E-state index contributed by atoms with van der Waals surface area (Å²) in [6.45, 7) is 3.50. The van der Waals surface area contributed by atoms with Crippen molar-refractivity contribution < 1.29 is 17.6 Å². The van der Waals surface area contributed by atoms with E-state index in [9.17, 15) is 13.2 Å². The monoisotopic (exact) mass is 315 g/mol. The first-order valence-electron chi connectivity index (χ1n) is 7.04. The SMILES string of the molecule is CCCS(=O)(=O)N1CCN(C(=O)c2ccc(CN)o2)CC1. The predicted molar refractivity (Wildman–Crippen MR) is 78.2 cm³/mol. The van der Waals surface area contributed by atoms with Gasteiger partial charge >= 0.3 is 0 Å². The van der Waals surface area contributed by atoms with Crippen LogP contribution in [-0.2, 0) is 16.6 Å². The van der Waals surface area contributed by atoms with Crippen LogP contribution < -0.4 is 5.73 Å². The Balaban J connectivity index is 1.96. The highest BCUT2D eigenvalue weighted by Gasteiger charge is 2.29. The Bertz CT molecular complexity index is 588. The van der Waals surface area contributed by atoms with Crippen molar-refractivity contribution in [2.75, 3.05) is 31.9 Å². The van der Waals surface area contributed by atoms with Crippen LogP contribution >= 0.6 is 0 Å². The number of sulfonamides is 1. The zero-order valence-electron chi connectivity index (χ0n) is 12.1. The second-order valence-corrected chi connectivity index (χ2v) is 7.07. The van der Waals surface area contributed by atoms with E-state index >= 15 is 0 Å². The number of carbonyl (C=O) groups is 1. The Hall–Kier alpha value is -1.38. The summed E-state index contributed by atoms with van der Waals surface area (Å²) in [6.07, 6.45) is 0.593. The molecular weight excluding hydrogens is 294 g/mol. The van der Waals surface area contributed by atoms with Gasteiger partial charge in [0.1, 0.15) is 5.76 Å². The zero-order valence-corrected chi connectivity index (χ0v) is 12.9. The van der Waals surface area contributed by atoms with Crippen molar-refractivity contribution in [2.24, 2.45) is 5.73 Å². The van der Waals surface area contributed by atoms with Crippen LogP contribution in [0.2, 0.25) is 0 Å². The number of hydrogen-bond donors (Lipinski definition) is 1. The molecule has 7 nitrogen and oxygen atoms in total. The van der Waals surface area contributed by atoms with Gasteiger partial charge in [-0.05, 0) is 18.6 Å². The first-order valence-corrected chi connectivity index (χ1v) is 8.64. The van der Waals surface area contributed by atoms with E-state index in [1.54, 1.807) is 17.0 Å². The summed E-state index contributed by atoms with van der Waals surface area (Å²) in [6, 6.07) is 3.28. The third-order valence-electron chi connectivity index (χ3n) is 3.45. The fraction of sp³-hybridized carbons (Fsp3) is 0.615. The smallest absolute Gasteiger partial charge is 0.289 e. The van der Waals surface area contributed by atoms with Gasteiger partial charge in [-0.25, -0.2) is 8.42 Å². The van der Waals surface area contributed by atoms with E-state index in [4.69, 9.17) is 10.2 Å². The van der Waals surface area contributed by atoms with Crippen LogP contribution in [-0.4, -0.2) is 55.5 Å². The summed E-state index contributed by atoms with van der Waals surface area (Å²) in [5, 5.41) is 0. The molecule has 1 aromatic heterocycles. The van der Waals surface area contributed by atoms with Gasteiger partial charge in [0.15, 0.2) is 5.76 Å². The number of rotatable bonds is 5. The molecule has 1 aliphatic rings. The molecule has 1 aromatic rings. The van der Waals surface area contributed by atoms with Gasteiger partial charge in [0, 0.05) is 26.2 Å². The number of furan rings is 1. The van der Waals surface area contributed by atoms with Crippen LogP contribution in [0.3, 0.4) is 0 Å². The van der Waals surface area contributed by atoms with Crippen molar-refractivity contribution in [3.63, 3.8) is 0 Å². The molecule has 0 bridgehead atoms. The van der Waals surface area contributed by atoms with Crippen molar-refractivity contribution in [3.05, 3.63) is 23.7 Å². The highest BCUT2D eigenvalue weighted by Crippen LogP contribution is 2.14. The molecule has 1 amide bonds. The third-order valence-corrected chi connectivity index (χ3v) is 5.53. The lowest BCUT2D eigenvalue weighted by Gasteiger charge is -2.33. The first-order chi connectivity index (χ1) is 9.97. The Kier molecular flexibility index (Phi) is 5.02. The first kappa shape index (κ1) is 16.0. The van der Waals surface area contributed by atoms with E-state index in [-0.39, 0.29) is 24.0 Å². The van der Waals surface area contributed by atoms with Crippen LogP contribution in [0.5, 0.6) is 0 Å². The minimum absolute atomic E-state index is 0.152. The molecule has 0 radical (unpaired) electrons. The molecule has 0 aliphatic carbocycles. The minimum Gasteiger partial charge on any atom is -0.455 e. The molecule has 0 saturated carbocycles. The maximum atomic E-state index is 12.2. The molecule has 118 valence electrons.